The average Bonchev–Trinajstić information content (AvgIpc) is 2.43. The van der Waals surface area contributed by atoms with Crippen molar-refractivity contribution in [1.82, 2.24) is 14.9 Å². The van der Waals surface area contributed by atoms with Gasteiger partial charge in [0.1, 0.15) is 0 Å². The number of nitrogens with zero attached hydrogens (tertiary/aromatic N) is 2. The highest BCUT2D eigenvalue weighted by Gasteiger charge is 2.24. The minimum absolute atomic E-state index is 0.188. The zero-order valence-electron chi connectivity index (χ0n) is 13.4. The minimum Gasteiger partial charge on any atom is -0.383 e. The quantitative estimate of drug-likeness (QED) is 0.526. The van der Waals surface area contributed by atoms with Crippen LogP contribution in [0.3, 0.4) is 0 Å². The molecule has 0 amide bonds. The Hall–Kier alpha value is -0.860. The van der Waals surface area contributed by atoms with Gasteiger partial charge in [0.15, 0.2) is 5.96 Å². The standard InChI is InChI=1S/C13H28N4O3S/c1-11(10-20-3)16-13(14-2)15-9-12-5-7-17(8-6-12)21(4,18)19/h11-12H,5-10H2,1-4H3,(H2,14,15,16). The largest absolute Gasteiger partial charge is 0.383 e. The first-order valence-electron chi connectivity index (χ1n) is 7.28. The van der Waals surface area contributed by atoms with Crippen molar-refractivity contribution in [2.75, 3.05) is 46.7 Å². The van der Waals surface area contributed by atoms with E-state index in [1.54, 1.807) is 18.5 Å². The van der Waals surface area contributed by atoms with Gasteiger partial charge in [0.2, 0.25) is 10.0 Å². The second-order valence-corrected chi connectivity index (χ2v) is 7.54. The van der Waals surface area contributed by atoms with Crippen LogP contribution < -0.4 is 10.6 Å². The van der Waals surface area contributed by atoms with Gasteiger partial charge >= 0.3 is 0 Å². The number of nitrogens with one attached hydrogen (secondary N) is 2. The Balaban J connectivity index is 2.32. The number of methoxy groups -OCH3 is 1. The molecule has 0 aliphatic carbocycles. The lowest BCUT2D eigenvalue weighted by molar-refractivity contribution is 0.179. The van der Waals surface area contributed by atoms with Crippen LogP contribution in [-0.4, -0.2) is 71.4 Å². The van der Waals surface area contributed by atoms with Gasteiger partial charge in [-0.15, -0.1) is 0 Å². The summed E-state index contributed by atoms with van der Waals surface area (Å²) in [7, 11) is 0.363. The maximum Gasteiger partial charge on any atom is 0.211 e. The highest BCUT2D eigenvalue weighted by atomic mass is 32.2. The SMILES string of the molecule is CN=C(NCC1CCN(S(C)(=O)=O)CC1)NC(C)COC. The van der Waals surface area contributed by atoms with Crippen molar-refractivity contribution < 1.29 is 13.2 Å². The Morgan fingerprint density at radius 1 is 1.43 bits per heavy atom. The smallest absolute Gasteiger partial charge is 0.211 e. The molecular weight excluding hydrogens is 292 g/mol. The molecule has 1 unspecified atom stereocenters. The Kier molecular flexibility index (Phi) is 7.41. The Labute approximate surface area is 128 Å². The molecule has 0 aromatic carbocycles. The minimum atomic E-state index is -3.04. The normalized spacial score (nSPS) is 20.3. The molecular formula is C13H28N4O3S. The molecule has 0 radical (unpaired) electrons. The predicted molar refractivity (Wildman–Crippen MR) is 85.0 cm³/mol. The van der Waals surface area contributed by atoms with Crippen molar-refractivity contribution in [2.45, 2.75) is 25.8 Å². The first-order valence-corrected chi connectivity index (χ1v) is 9.13. The van der Waals surface area contributed by atoms with Crippen LogP contribution in [-0.2, 0) is 14.8 Å². The topological polar surface area (TPSA) is 83.0 Å². The maximum absolute atomic E-state index is 11.5. The number of sulfonamides is 1. The molecule has 1 heterocycles. The predicted octanol–water partition coefficient (Wildman–Crippen LogP) is -0.142. The van der Waals surface area contributed by atoms with E-state index in [4.69, 9.17) is 4.74 Å². The van der Waals surface area contributed by atoms with Gasteiger partial charge in [-0.2, -0.15) is 0 Å². The number of hydrogen-bond donors (Lipinski definition) is 2. The van der Waals surface area contributed by atoms with Gasteiger partial charge in [-0.1, -0.05) is 0 Å². The maximum atomic E-state index is 11.5. The van der Waals surface area contributed by atoms with E-state index >= 15 is 0 Å². The molecule has 1 rings (SSSR count). The molecule has 0 bridgehead atoms. The van der Waals surface area contributed by atoms with Crippen molar-refractivity contribution in [3.63, 3.8) is 0 Å². The number of piperidine rings is 1. The average molecular weight is 320 g/mol. The molecule has 1 atom stereocenters. The van der Waals surface area contributed by atoms with E-state index in [-0.39, 0.29) is 6.04 Å². The summed E-state index contributed by atoms with van der Waals surface area (Å²) in [6.07, 6.45) is 3.03. The summed E-state index contributed by atoms with van der Waals surface area (Å²) in [4.78, 5) is 4.18. The van der Waals surface area contributed by atoms with Crippen LogP contribution in [0.25, 0.3) is 0 Å². The molecule has 0 spiro atoms. The fourth-order valence-electron chi connectivity index (χ4n) is 2.41. The molecule has 0 saturated carbocycles. The van der Waals surface area contributed by atoms with Crippen LogP contribution in [0.15, 0.2) is 4.99 Å². The highest BCUT2D eigenvalue weighted by Crippen LogP contribution is 2.18. The second kappa shape index (κ2) is 8.55. The van der Waals surface area contributed by atoms with Gasteiger partial charge in [-0.25, -0.2) is 12.7 Å². The lowest BCUT2D eigenvalue weighted by Crippen LogP contribution is -2.47. The first kappa shape index (κ1) is 18.2. The summed E-state index contributed by atoms with van der Waals surface area (Å²) in [6.45, 7) is 4.67. The van der Waals surface area contributed by atoms with E-state index < -0.39 is 10.0 Å². The fraction of sp³-hybridized carbons (Fsp3) is 0.923. The van der Waals surface area contributed by atoms with Crippen LogP contribution >= 0.6 is 0 Å². The fourth-order valence-corrected chi connectivity index (χ4v) is 3.28. The number of aliphatic imine (C=N–C) groups is 1. The van der Waals surface area contributed by atoms with Crippen LogP contribution in [0.2, 0.25) is 0 Å². The van der Waals surface area contributed by atoms with Crippen LogP contribution in [0.4, 0.5) is 0 Å². The van der Waals surface area contributed by atoms with Crippen molar-refractivity contribution >= 4 is 16.0 Å². The van der Waals surface area contributed by atoms with Crippen molar-refractivity contribution in [2.24, 2.45) is 10.9 Å². The Bertz CT molecular complexity index is 431. The Morgan fingerprint density at radius 2 is 2.05 bits per heavy atom. The van der Waals surface area contributed by atoms with Gasteiger partial charge in [0, 0.05) is 39.8 Å². The number of ether oxygens (including phenoxy) is 1. The number of guanidine groups is 1. The number of hydrogen-bond acceptors (Lipinski definition) is 4. The van der Waals surface area contributed by atoms with Crippen LogP contribution in [0, 0.1) is 5.92 Å². The molecule has 21 heavy (non-hydrogen) atoms. The third kappa shape index (κ3) is 6.62. The molecule has 7 nitrogen and oxygen atoms in total. The van der Waals surface area contributed by atoms with Gasteiger partial charge in [-0.05, 0) is 25.7 Å². The molecule has 1 aliphatic rings. The summed E-state index contributed by atoms with van der Waals surface area (Å²) in [6, 6.07) is 0.188. The molecule has 2 N–H and O–H groups in total. The molecule has 8 heteroatoms. The summed E-state index contributed by atoms with van der Waals surface area (Å²) in [5, 5.41) is 6.55. The van der Waals surface area contributed by atoms with Crippen LogP contribution in [0.1, 0.15) is 19.8 Å². The van der Waals surface area contributed by atoms with Gasteiger partial charge in [0.25, 0.3) is 0 Å². The third-order valence-corrected chi connectivity index (χ3v) is 4.93. The van der Waals surface area contributed by atoms with Crippen molar-refractivity contribution in [3.8, 4) is 0 Å². The van der Waals surface area contributed by atoms with E-state index in [0.29, 0.717) is 25.6 Å². The van der Waals surface area contributed by atoms with E-state index in [9.17, 15) is 8.42 Å². The number of rotatable bonds is 6. The lowest BCUT2D eigenvalue weighted by atomic mass is 9.98. The van der Waals surface area contributed by atoms with E-state index in [2.05, 4.69) is 15.6 Å². The Morgan fingerprint density at radius 3 is 2.52 bits per heavy atom. The van der Waals surface area contributed by atoms with E-state index in [0.717, 1.165) is 25.3 Å². The van der Waals surface area contributed by atoms with Crippen molar-refractivity contribution in [1.29, 1.82) is 0 Å². The molecule has 1 aliphatic heterocycles. The summed E-state index contributed by atoms with van der Waals surface area (Å²) >= 11 is 0. The first-order chi connectivity index (χ1) is 9.86. The monoisotopic (exact) mass is 320 g/mol. The highest BCUT2D eigenvalue weighted by molar-refractivity contribution is 7.88. The van der Waals surface area contributed by atoms with Gasteiger partial charge in [-0.3, -0.25) is 4.99 Å². The molecule has 1 saturated heterocycles. The van der Waals surface area contributed by atoms with E-state index in [1.807, 2.05) is 6.92 Å². The van der Waals surface area contributed by atoms with E-state index in [1.165, 1.54) is 6.26 Å². The zero-order valence-corrected chi connectivity index (χ0v) is 14.2. The van der Waals surface area contributed by atoms with Gasteiger partial charge < -0.3 is 15.4 Å². The zero-order chi connectivity index (χ0) is 15.9. The van der Waals surface area contributed by atoms with Crippen LogP contribution in [0.5, 0.6) is 0 Å². The third-order valence-electron chi connectivity index (χ3n) is 3.62. The molecule has 124 valence electrons. The summed E-state index contributed by atoms with van der Waals surface area (Å²) in [5.41, 5.74) is 0. The summed E-state index contributed by atoms with van der Waals surface area (Å²) < 4.78 is 29.5. The molecule has 0 aromatic heterocycles. The molecule has 1 fully saturated rings. The van der Waals surface area contributed by atoms with Gasteiger partial charge in [0.05, 0.1) is 12.9 Å². The molecule has 0 aromatic rings. The summed E-state index contributed by atoms with van der Waals surface area (Å²) in [5.74, 6) is 1.23. The second-order valence-electron chi connectivity index (χ2n) is 5.56. The van der Waals surface area contributed by atoms with Crippen molar-refractivity contribution in [3.05, 3.63) is 0 Å². The lowest BCUT2D eigenvalue weighted by Gasteiger charge is -2.30.